The number of rotatable bonds is 3. The number of anilines is 3. The topological polar surface area (TPSA) is 85.8 Å². The zero-order valence-electron chi connectivity index (χ0n) is 13.0. The normalized spacial score (nSPS) is 10.9. The van der Waals surface area contributed by atoms with E-state index in [0.29, 0.717) is 17.3 Å². The molecule has 0 unspecified atom stereocenters. The van der Waals surface area contributed by atoms with E-state index in [4.69, 9.17) is 5.73 Å². The monoisotopic (exact) mass is 317 g/mol. The Kier molecular flexibility index (Phi) is 3.31. The fourth-order valence-corrected chi connectivity index (χ4v) is 2.61. The SMILES string of the molecule is CN(c1ccccc1)c1ncnc(-n2nnc3ccccc32)c1N. The summed E-state index contributed by atoms with van der Waals surface area (Å²) in [6.45, 7) is 0. The molecule has 0 bridgehead atoms. The highest BCUT2D eigenvalue weighted by Gasteiger charge is 2.17. The van der Waals surface area contributed by atoms with Crippen LogP contribution < -0.4 is 10.6 Å². The van der Waals surface area contributed by atoms with Crippen LogP contribution in [0.4, 0.5) is 17.2 Å². The van der Waals surface area contributed by atoms with Gasteiger partial charge in [0.25, 0.3) is 0 Å². The van der Waals surface area contributed by atoms with Gasteiger partial charge in [-0.1, -0.05) is 35.5 Å². The fraction of sp³-hybridized carbons (Fsp3) is 0.0588. The summed E-state index contributed by atoms with van der Waals surface area (Å²) >= 11 is 0. The van der Waals surface area contributed by atoms with Crippen molar-refractivity contribution >= 4 is 28.2 Å². The number of nitrogen functional groups attached to an aromatic ring is 1. The van der Waals surface area contributed by atoms with Crippen molar-refractivity contribution in [2.24, 2.45) is 0 Å². The second-order valence-corrected chi connectivity index (χ2v) is 5.32. The Morgan fingerprint density at radius 3 is 2.54 bits per heavy atom. The van der Waals surface area contributed by atoms with Gasteiger partial charge in [0.1, 0.15) is 17.5 Å². The lowest BCUT2D eigenvalue weighted by molar-refractivity contribution is 0.799. The summed E-state index contributed by atoms with van der Waals surface area (Å²) in [4.78, 5) is 10.6. The highest BCUT2D eigenvalue weighted by Crippen LogP contribution is 2.30. The number of hydrogen-bond donors (Lipinski definition) is 1. The average molecular weight is 317 g/mol. The molecule has 24 heavy (non-hydrogen) atoms. The Morgan fingerprint density at radius 2 is 1.71 bits per heavy atom. The van der Waals surface area contributed by atoms with E-state index in [9.17, 15) is 0 Å². The molecule has 0 aliphatic carbocycles. The molecule has 2 N–H and O–H groups in total. The smallest absolute Gasteiger partial charge is 0.184 e. The zero-order chi connectivity index (χ0) is 16.5. The van der Waals surface area contributed by atoms with Gasteiger partial charge < -0.3 is 10.6 Å². The third-order valence-electron chi connectivity index (χ3n) is 3.86. The third kappa shape index (κ3) is 2.23. The number of para-hydroxylation sites is 2. The van der Waals surface area contributed by atoms with Crippen LogP contribution >= 0.6 is 0 Å². The van der Waals surface area contributed by atoms with E-state index < -0.39 is 0 Å². The van der Waals surface area contributed by atoms with Crippen molar-refractivity contribution in [3.05, 3.63) is 60.9 Å². The molecule has 0 aliphatic heterocycles. The van der Waals surface area contributed by atoms with Crippen LogP contribution in [-0.2, 0) is 0 Å². The van der Waals surface area contributed by atoms with Crippen molar-refractivity contribution in [2.75, 3.05) is 17.7 Å². The predicted octanol–water partition coefficient (Wildman–Crippen LogP) is 2.56. The minimum absolute atomic E-state index is 0.444. The molecule has 4 aromatic rings. The highest BCUT2D eigenvalue weighted by atomic mass is 15.4. The van der Waals surface area contributed by atoms with Gasteiger partial charge in [-0.15, -0.1) is 5.10 Å². The number of nitrogens with zero attached hydrogens (tertiary/aromatic N) is 6. The molecule has 0 spiro atoms. The quantitative estimate of drug-likeness (QED) is 0.625. The molecule has 7 heteroatoms. The molecule has 0 saturated heterocycles. The van der Waals surface area contributed by atoms with Crippen molar-refractivity contribution in [3.63, 3.8) is 0 Å². The van der Waals surface area contributed by atoms with Crippen molar-refractivity contribution < 1.29 is 0 Å². The summed E-state index contributed by atoms with van der Waals surface area (Å²) < 4.78 is 1.63. The molecule has 7 nitrogen and oxygen atoms in total. The minimum atomic E-state index is 0.444. The van der Waals surface area contributed by atoms with Crippen molar-refractivity contribution in [1.82, 2.24) is 25.0 Å². The molecular formula is C17H15N7. The Bertz CT molecular complexity index is 994. The molecule has 2 aromatic carbocycles. The first-order chi connectivity index (χ1) is 11.8. The van der Waals surface area contributed by atoms with Crippen LogP contribution in [0.2, 0.25) is 0 Å². The molecule has 0 aliphatic rings. The molecule has 0 fully saturated rings. The van der Waals surface area contributed by atoms with Crippen LogP contribution in [0.3, 0.4) is 0 Å². The molecule has 2 aromatic heterocycles. The first-order valence-electron chi connectivity index (χ1n) is 7.46. The van der Waals surface area contributed by atoms with E-state index in [1.807, 2.05) is 66.5 Å². The predicted molar refractivity (Wildman–Crippen MR) is 93.4 cm³/mol. The van der Waals surface area contributed by atoms with Crippen LogP contribution in [0.5, 0.6) is 0 Å². The minimum Gasteiger partial charge on any atom is -0.393 e. The van der Waals surface area contributed by atoms with Crippen molar-refractivity contribution in [1.29, 1.82) is 0 Å². The van der Waals surface area contributed by atoms with E-state index >= 15 is 0 Å². The van der Waals surface area contributed by atoms with Crippen LogP contribution in [0, 0.1) is 0 Å². The number of hydrogen-bond acceptors (Lipinski definition) is 6. The van der Waals surface area contributed by atoms with E-state index in [0.717, 1.165) is 16.7 Å². The van der Waals surface area contributed by atoms with Gasteiger partial charge in [0.15, 0.2) is 11.6 Å². The zero-order valence-corrected chi connectivity index (χ0v) is 13.0. The maximum absolute atomic E-state index is 6.35. The summed E-state index contributed by atoms with van der Waals surface area (Å²) in [5.41, 5.74) is 9.41. The summed E-state index contributed by atoms with van der Waals surface area (Å²) in [5.74, 6) is 1.13. The maximum atomic E-state index is 6.35. The molecule has 0 saturated carbocycles. The van der Waals surface area contributed by atoms with E-state index in [1.165, 1.54) is 6.33 Å². The number of benzene rings is 2. The lowest BCUT2D eigenvalue weighted by Gasteiger charge is -2.20. The summed E-state index contributed by atoms with van der Waals surface area (Å²) in [6.07, 6.45) is 1.48. The van der Waals surface area contributed by atoms with E-state index in [1.54, 1.807) is 4.68 Å². The number of fused-ring (bicyclic) bond motifs is 1. The number of nitrogens with two attached hydrogens (primary N) is 1. The second kappa shape index (κ2) is 5.62. The number of aromatic nitrogens is 5. The maximum Gasteiger partial charge on any atom is 0.184 e. The molecule has 0 atom stereocenters. The van der Waals surface area contributed by atoms with Gasteiger partial charge in [-0.25, -0.2) is 9.97 Å². The van der Waals surface area contributed by atoms with E-state index in [2.05, 4.69) is 20.3 Å². The average Bonchev–Trinajstić information content (AvgIpc) is 3.06. The summed E-state index contributed by atoms with van der Waals surface area (Å²) in [6, 6.07) is 17.6. The lowest BCUT2D eigenvalue weighted by Crippen LogP contribution is -2.16. The lowest BCUT2D eigenvalue weighted by atomic mass is 10.3. The Hall–Kier alpha value is -3.48. The van der Waals surface area contributed by atoms with Crippen LogP contribution in [0.25, 0.3) is 16.9 Å². The third-order valence-corrected chi connectivity index (χ3v) is 3.86. The van der Waals surface area contributed by atoms with Crippen molar-refractivity contribution in [2.45, 2.75) is 0 Å². The molecule has 0 amide bonds. The first kappa shape index (κ1) is 14.1. The Balaban J connectivity index is 1.84. The summed E-state index contributed by atoms with van der Waals surface area (Å²) in [7, 11) is 1.91. The first-order valence-corrected chi connectivity index (χ1v) is 7.46. The standard InChI is InChI=1S/C17H15N7/c1-23(12-7-3-2-4-8-12)16-15(18)17(20-11-19-16)24-14-10-6-5-9-13(14)21-22-24/h2-11H,18H2,1H3. The molecule has 2 heterocycles. The summed E-state index contributed by atoms with van der Waals surface area (Å²) in [5, 5.41) is 8.33. The van der Waals surface area contributed by atoms with Gasteiger partial charge in [-0.3, -0.25) is 0 Å². The van der Waals surface area contributed by atoms with Crippen LogP contribution in [-0.4, -0.2) is 32.0 Å². The fourth-order valence-electron chi connectivity index (χ4n) is 2.61. The largest absolute Gasteiger partial charge is 0.393 e. The van der Waals surface area contributed by atoms with Crippen molar-refractivity contribution in [3.8, 4) is 5.82 Å². The molecular weight excluding hydrogens is 302 g/mol. The molecule has 118 valence electrons. The molecule has 4 rings (SSSR count). The van der Waals surface area contributed by atoms with Gasteiger partial charge in [0.05, 0.1) is 5.52 Å². The van der Waals surface area contributed by atoms with Crippen LogP contribution in [0.15, 0.2) is 60.9 Å². The van der Waals surface area contributed by atoms with Gasteiger partial charge >= 0.3 is 0 Å². The Labute approximate surface area is 138 Å². The van der Waals surface area contributed by atoms with Gasteiger partial charge in [0, 0.05) is 12.7 Å². The van der Waals surface area contributed by atoms with E-state index in [-0.39, 0.29) is 0 Å². The second-order valence-electron chi connectivity index (χ2n) is 5.32. The Morgan fingerprint density at radius 1 is 0.958 bits per heavy atom. The molecule has 0 radical (unpaired) electrons. The van der Waals surface area contributed by atoms with Gasteiger partial charge in [-0.05, 0) is 24.3 Å². The van der Waals surface area contributed by atoms with Crippen LogP contribution in [0.1, 0.15) is 0 Å². The van der Waals surface area contributed by atoms with Gasteiger partial charge in [-0.2, -0.15) is 4.68 Å². The van der Waals surface area contributed by atoms with Gasteiger partial charge in [0.2, 0.25) is 0 Å². The highest BCUT2D eigenvalue weighted by molar-refractivity contribution is 5.80.